The number of aromatic nitrogens is 4. The van der Waals surface area contributed by atoms with Crippen LogP contribution in [0.5, 0.6) is 11.5 Å². The highest BCUT2D eigenvalue weighted by Gasteiger charge is 2.17. The molecule has 2 aromatic heterocycles. The summed E-state index contributed by atoms with van der Waals surface area (Å²) >= 11 is 0. The molecular weight excluding hydrogens is 385 g/mol. The fraction of sp³-hybridized carbons (Fsp3) is 0.227. The largest absolute Gasteiger partial charge is 0.486 e. The van der Waals surface area contributed by atoms with E-state index in [-0.39, 0.29) is 5.82 Å². The Bertz CT molecular complexity index is 1250. The van der Waals surface area contributed by atoms with Gasteiger partial charge in [0.05, 0.1) is 0 Å². The summed E-state index contributed by atoms with van der Waals surface area (Å²) in [4.78, 5) is 9.10. The molecular formula is C22H20FN5O2. The average Bonchev–Trinajstić information content (AvgIpc) is 3.13. The Balaban J connectivity index is 1.52. The first-order valence-corrected chi connectivity index (χ1v) is 9.71. The third kappa shape index (κ3) is 3.41. The van der Waals surface area contributed by atoms with Crippen molar-refractivity contribution in [2.75, 3.05) is 18.5 Å². The second-order valence-electron chi connectivity index (χ2n) is 7.20. The Morgan fingerprint density at radius 3 is 2.70 bits per heavy atom. The summed E-state index contributed by atoms with van der Waals surface area (Å²) in [6.07, 6.45) is 0.419. The van der Waals surface area contributed by atoms with Crippen molar-refractivity contribution in [2.45, 2.75) is 20.3 Å². The number of aryl methyl sites for hydroxylation is 1. The van der Waals surface area contributed by atoms with Gasteiger partial charge in [-0.2, -0.15) is 9.50 Å². The summed E-state index contributed by atoms with van der Waals surface area (Å²) in [7, 11) is 0. The highest BCUT2D eigenvalue weighted by Crippen LogP contribution is 2.34. The molecule has 8 heteroatoms. The lowest BCUT2D eigenvalue weighted by Gasteiger charge is -2.19. The number of nitrogens with one attached hydrogen (secondary N) is 1. The lowest BCUT2D eigenvalue weighted by molar-refractivity contribution is 0.171. The number of ether oxygens (including phenoxy) is 2. The van der Waals surface area contributed by atoms with E-state index >= 15 is 0 Å². The van der Waals surface area contributed by atoms with Crippen LogP contribution >= 0.6 is 0 Å². The molecule has 0 saturated carbocycles. The number of anilines is 2. The number of fused-ring (bicyclic) bond motifs is 2. The van der Waals surface area contributed by atoms with Crippen LogP contribution in [-0.4, -0.2) is 32.8 Å². The van der Waals surface area contributed by atoms with Crippen LogP contribution in [0.3, 0.4) is 0 Å². The van der Waals surface area contributed by atoms with Crippen molar-refractivity contribution in [1.29, 1.82) is 0 Å². The van der Waals surface area contributed by atoms with Crippen LogP contribution in [0.1, 0.15) is 22.6 Å². The van der Waals surface area contributed by atoms with Gasteiger partial charge in [-0.1, -0.05) is 12.1 Å². The van der Waals surface area contributed by atoms with Crippen LogP contribution < -0.4 is 14.8 Å². The van der Waals surface area contributed by atoms with Crippen molar-refractivity contribution < 1.29 is 13.9 Å². The van der Waals surface area contributed by atoms with Crippen molar-refractivity contribution in [2.24, 2.45) is 0 Å². The first-order chi connectivity index (χ1) is 14.6. The smallest absolute Gasteiger partial charge is 0.254 e. The van der Waals surface area contributed by atoms with Gasteiger partial charge in [0.2, 0.25) is 0 Å². The zero-order valence-corrected chi connectivity index (χ0v) is 16.6. The molecule has 0 radical (unpaired) electrons. The molecule has 5 rings (SSSR count). The predicted molar refractivity (Wildman–Crippen MR) is 110 cm³/mol. The molecule has 2 aromatic carbocycles. The van der Waals surface area contributed by atoms with E-state index in [4.69, 9.17) is 9.47 Å². The fourth-order valence-electron chi connectivity index (χ4n) is 3.44. The monoisotopic (exact) mass is 405 g/mol. The lowest BCUT2D eigenvalue weighted by Crippen LogP contribution is -2.15. The minimum absolute atomic E-state index is 0.276. The minimum atomic E-state index is -0.276. The molecule has 1 aliphatic heterocycles. The average molecular weight is 405 g/mol. The maximum atomic E-state index is 13.5. The van der Waals surface area contributed by atoms with Crippen molar-refractivity contribution in [3.63, 3.8) is 0 Å². The molecule has 0 amide bonds. The standard InChI is InChI=1S/C22H20FN5O2/c1-13-14(2)24-22-26-20(11-15-4-3-5-16(23)10-15)27-28(22)21(13)25-17-6-7-18-19(12-17)30-9-8-29-18/h3-7,10,12,25H,8-9,11H2,1-2H3. The summed E-state index contributed by atoms with van der Waals surface area (Å²) in [5.41, 5.74) is 3.46. The summed E-state index contributed by atoms with van der Waals surface area (Å²) in [6.45, 7) is 5.00. The van der Waals surface area contributed by atoms with Gasteiger partial charge in [-0.05, 0) is 43.7 Å². The van der Waals surface area contributed by atoms with Crippen molar-refractivity contribution in [1.82, 2.24) is 19.6 Å². The number of hydrogen-bond acceptors (Lipinski definition) is 6. The summed E-state index contributed by atoms with van der Waals surface area (Å²) < 4.78 is 26.5. The summed E-state index contributed by atoms with van der Waals surface area (Å²) in [5.74, 6) is 3.00. The summed E-state index contributed by atoms with van der Waals surface area (Å²) in [5, 5.41) is 8.04. The molecule has 0 aliphatic carbocycles. The molecule has 0 saturated heterocycles. The topological polar surface area (TPSA) is 73.6 Å². The van der Waals surface area contributed by atoms with Gasteiger partial charge in [0.25, 0.3) is 5.78 Å². The van der Waals surface area contributed by atoms with Gasteiger partial charge in [-0.25, -0.2) is 9.37 Å². The number of benzene rings is 2. The van der Waals surface area contributed by atoms with Crippen LogP contribution in [0, 0.1) is 19.7 Å². The minimum Gasteiger partial charge on any atom is -0.486 e. The van der Waals surface area contributed by atoms with Crippen LogP contribution in [0.4, 0.5) is 15.9 Å². The molecule has 0 spiro atoms. The third-order valence-corrected chi connectivity index (χ3v) is 5.07. The molecule has 0 unspecified atom stereocenters. The predicted octanol–water partition coefficient (Wildman–Crippen LogP) is 3.99. The Morgan fingerprint density at radius 1 is 1.03 bits per heavy atom. The van der Waals surface area contributed by atoms with E-state index < -0.39 is 0 Å². The van der Waals surface area contributed by atoms with Gasteiger partial charge >= 0.3 is 0 Å². The molecule has 1 aliphatic rings. The molecule has 0 fully saturated rings. The molecule has 152 valence electrons. The van der Waals surface area contributed by atoms with Crippen molar-refractivity contribution in [3.8, 4) is 11.5 Å². The van der Waals surface area contributed by atoms with Gasteiger partial charge < -0.3 is 14.8 Å². The Kier molecular flexibility index (Phi) is 4.46. The molecule has 7 nitrogen and oxygen atoms in total. The van der Waals surface area contributed by atoms with Gasteiger partial charge in [0, 0.05) is 29.4 Å². The SMILES string of the molecule is Cc1nc2nc(Cc3cccc(F)c3)nn2c(Nc2ccc3c(c2)OCCO3)c1C. The molecule has 0 bridgehead atoms. The van der Waals surface area contributed by atoms with E-state index in [0.29, 0.717) is 37.0 Å². The zero-order chi connectivity index (χ0) is 20.7. The third-order valence-electron chi connectivity index (χ3n) is 5.07. The highest BCUT2D eigenvalue weighted by molar-refractivity contribution is 5.65. The second kappa shape index (κ2) is 7.29. The van der Waals surface area contributed by atoms with Gasteiger partial charge in [-0.3, -0.25) is 0 Å². The van der Waals surface area contributed by atoms with E-state index in [1.807, 2.05) is 38.1 Å². The maximum absolute atomic E-state index is 13.5. The number of rotatable bonds is 4. The van der Waals surface area contributed by atoms with Crippen molar-refractivity contribution >= 4 is 17.3 Å². The Labute approximate surface area is 172 Å². The maximum Gasteiger partial charge on any atom is 0.254 e. The van der Waals surface area contributed by atoms with E-state index in [1.165, 1.54) is 12.1 Å². The first-order valence-electron chi connectivity index (χ1n) is 9.71. The van der Waals surface area contributed by atoms with Crippen LogP contribution in [-0.2, 0) is 6.42 Å². The van der Waals surface area contributed by atoms with Crippen molar-refractivity contribution in [3.05, 3.63) is 70.9 Å². The number of halogens is 1. The molecule has 3 heterocycles. The molecule has 1 N–H and O–H groups in total. The zero-order valence-electron chi connectivity index (χ0n) is 16.6. The normalized spacial score (nSPS) is 12.9. The van der Waals surface area contributed by atoms with Gasteiger partial charge in [-0.15, -0.1) is 5.10 Å². The fourth-order valence-corrected chi connectivity index (χ4v) is 3.44. The molecule has 0 atom stereocenters. The Hall–Kier alpha value is -3.68. The van der Waals surface area contributed by atoms with E-state index in [0.717, 1.165) is 34.1 Å². The van der Waals surface area contributed by atoms with E-state index in [1.54, 1.807) is 10.6 Å². The van der Waals surface area contributed by atoms with Crippen LogP contribution in [0.2, 0.25) is 0 Å². The quantitative estimate of drug-likeness (QED) is 0.554. The van der Waals surface area contributed by atoms with Gasteiger partial charge in [0.15, 0.2) is 17.3 Å². The first kappa shape index (κ1) is 18.4. The summed E-state index contributed by atoms with van der Waals surface area (Å²) in [6, 6.07) is 12.2. The van der Waals surface area contributed by atoms with E-state index in [9.17, 15) is 4.39 Å². The van der Waals surface area contributed by atoms with Gasteiger partial charge in [0.1, 0.15) is 24.8 Å². The molecule has 30 heavy (non-hydrogen) atoms. The number of hydrogen-bond donors (Lipinski definition) is 1. The van der Waals surface area contributed by atoms with E-state index in [2.05, 4.69) is 20.4 Å². The molecule has 4 aromatic rings. The number of nitrogens with zero attached hydrogens (tertiary/aromatic N) is 4. The highest BCUT2D eigenvalue weighted by atomic mass is 19.1. The Morgan fingerprint density at radius 2 is 1.87 bits per heavy atom. The second-order valence-corrected chi connectivity index (χ2v) is 7.20. The van der Waals surface area contributed by atoms with Crippen LogP contribution in [0.25, 0.3) is 5.78 Å². The van der Waals surface area contributed by atoms with Crippen LogP contribution in [0.15, 0.2) is 42.5 Å². The lowest BCUT2D eigenvalue weighted by atomic mass is 10.1.